The lowest BCUT2D eigenvalue weighted by atomic mass is 10.1. The number of hydrogen-bond donors (Lipinski definition) is 3. The smallest absolute Gasteiger partial charge is 0.170 e. The van der Waals surface area contributed by atoms with E-state index >= 15 is 0 Å². The van der Waals surface area contributed by atoms with Gasteiger partial charge in [0.2, 0.25) is 0 Å². The van der Waals surface area contributed by atoms with E-state index in [1.54, 1.807) is 6.07 Å². The minimum Gasteiger partial charge on any atom is -0.409 e. The first-order valence-electron chi connectivity index (χ1n) is 6.60. The summed E-state index contributed by atoms with van der Waals surface area (Å²) in [6.45, 7) is 2.94. The zero-order valence-corrected chi connectivity index (χ0v) is 11.8. The molecule has 4 N–H and O–H groups in total. The molecule has 0 aromatic heterocycles. The number of oxime groups is 1. The molecular formula is C14H20ClN3O. The number of nitrogens with two attached hydrogens (primary N) is 1. The molecule has 5 heteroatoms. The molecule has 1 unspecified atom stereocenters. The molecule has 1 atom stereocenters. The summed E-state index contributed by atoms with van der Waals surface area (Å²) in [7, 11) is 0. The van der Waals surface area contributed by atoms with E-state index < -0.39 is 0 Å². The van der Waals surface area contributed by atoms with Gasteiger partial charge in [-0.25, -0.2) is 0 Å². The zero-order valence-electron chi connectivity index (χ0n) is 11.1. The number of benzene rings is 1. The molecule has 19 heavy (non-hydrogen) atoms. The number of halogens is 1. The molecular weight excluding hydrogens is 262 g/mol. The summed E-state index contributed by atoms with van der Waals surface area (Å²) in [5.41, 5.74) is 7.18. The molecule has 0 radical (unpaired) electrons. The zero-order chi connectivity index (χ0) is 13.8. The van der Waals surface area contributed by atoms with Crippen LogP contribution >= 0.6 is 11.6 Å². The lowest BCUT2D eigenvalue weighted by molar-refractivity contribution is 0.318. The third-order valence-corrected chi connectivity index (χ3v) is 3.83. The van der Waals surface area contributed by atoms with Gasteiger partial charge in [0.05, 0.1) is 0 Å². The van der Waals surface area contributed by atoms with Crippen LogP contribution in [0.25, 0.3) is 0 Å². The first-order valence-corrected chi connectivity index (χ1v) is 6.97. The van der Waals surface area contributed by atoms with Crippen LogP contribution in [0.15, 0.2) is 23.4 Å². The van der Waals surface area contributed by atoms with Crippen LogP contribution in [0.5, 0.6) is 0 Å². The highest BCUT2D eigenvalue weighted by Crippen LogP contribution is 2.33. The van der Waals surface area contributed by atoms with Gasteiger partial charge in [0.25, 0.3) is 0 Å². The van der Waals surface area contributed by atoms with Crippen molar-refractivity contribution in [2.75, 3.05) is 0 Å². The molecule has 1 fully saturated rings. The van der Waals surface area contributed by atoms with Crippen molar-refractivity contribution >= 4 is 17.4 Å². The Labute approximate surface area is 118 Å². The molecule has 0 spiro atoms. The SMILES string of the molecule is CC(CC1CC1)NCc1ccc(/C(N)=N/O)cc1Cl. The highest BCUT2D eigenvalue weighted by atomic mass is 35.5. The van der Waals surface area contributed by atoms with Crippen LogP contribution in [0.1, 0.15) is 37.3 Å². The predicted molar refractivity (Wildman–Crippen MR) is 77.6 cm³/mol. The van der Waals surface area contributed by atoms with Gasteiger partial charge in [-0.05, 0) is 30.9 Å². The van der Waals surface area contributed by atoms with E-state index in [2.05, 4.69) is 17.4 Å². The van der Waals surface area contributed by atoms with Gasteiger partial charge in [0.1, 0.15) is 0 Å². The second-order valence-electron chi connectivity index (χ2n) is 5.25. The van der Waals surface area contributed by atoms with Gasteiger partial charge >= 0.3 is 0 Å². The van der Waals surface area contributed by atoms with Gasteiger partial charge in [-0.3, -0.25) is 0 Å². The van der Waals surface area contributed by atoms with E-state index in [4.69, 9.17) is 22.5 Å². The molecule has 2 rings (SSSR count). The number of nitrogens with one attached hydrogen (secondary N) is 1. The van der Waals surface area contributed by atoms with Crippen LogP contribution in [0.2, 0.25) is 5.02 Å². The fourth-order valence-electron chi connectivity index (χ4n) is 2.13. The average molecular weight is 282 g/mol. The van der Waals surface area contributed by atoms with Crippen LogP contribution < -0.4 is 11.1 Å². The fourth-order valence-corrected chi connectivity index (χ4v) is 2.38. The summed E-state index contributed by atoms with van der Waals surface area (Å²) >= 11 is 6.20. The van der Waals surface area contributed by atoms with Crippen LogP contribution in [0.3, 0.4) is 0 Å². The van der Waals surface area contributed by atoms with Crippen molar-refractivity contribution in [3.05, 3.63) is 34.3 Å². The van der Waals surface area contributed by atoms with Crippen molar-refractivity contribution in [3.63, 3.8) is 0 Å². The molecule has 0 saturated heterocycles. The van der Waals surface area contributed by atoms with Gasteiger partial charge < -0.3 is 16.3 Å². The maximum atomic E-state index is 8.62. The highest BCUT2D eigenvalue weighted by molar-refractivity contribution is 6.31. The summed E-state index contributed by atoms with van der Waals surface area (Å²) in [5.74, 6) is 0.990. The Morgan fingerprint density at radius 1 is 1.58 bits per heavy atom. The Bertz CT molecular complexity index is 472. The third kappa shape index (κ3) is 4.11. The number of rotatable bonds is 6. The first kappa shape index (κ1) is 14.2. The van der Waals surface area contributed by atoms with Gasteiger partial charge in [-0.2, -0.15) is 0 Å². The Hall–Kier alpha value is -1.26. The van der Waals surface area contributed by atoms with E-state index in [1.165, 1.54) is 19.3 Å². The van der Waals surface area contributed by atoms with Crippen molar-refractivity contribution in [1.82, 2.24) is 5.32 Å². The van der Waals surface area contributed by atoms with E-state index in [0.717, 1.165) is 18.0 Å². The molecule has 1 aliphatic rings. The van der Waals surface area contributed by atoms with Crippen molar-refractivity contribution in [2.45, 2.75) is 38.8 Å². The van der Waals surface area contributed by atoms with Crippen LogP contribution in [0.4, 0.5) is 0 Å². The highest BCUT2D eigenvalue weighted by Gasteiger charge is 2.23. The van der Waals surface area contributed by atoms with Crippen LogP contribution in [0, 0.1) is 5.92 Å². The second kappa shape index (κ2) is 6.26. The topological polar surface area (TPSA) is 70.6 Å². The van der Waals surface area contributed by atoms with Crippen molar-refractivity contribution < 1.29 is 5.21 Å². The maximum Gasteiger partial charge on any atom is 0.170 e. The quantitative estimate of drug-likeness (QED) is 0.325. The molecule has 4 nitrogen and oxygen atoms in total. The van der Waals surface area contributed by atoms with E-state index in [0.29, 0.717) is 16.6 Å². The Morgan fingerprint density at radius 2 is 2.32 bits per heavy atom. The second-order valence-corrected chi connectivity index (χ2v) is 5.66. The van der Waals surface area contributed by atoms with Gasteiger partial charge in [0.15, 0.2) is 5.84 Å². The Morgan fingerprint density at radius 3 is 2.89 bits per heavy atom. The summed E-state index contributed by atoms with van der Waals surface area (Å²) in [5, 5.41) is 15.7. The molecule has 1 aliphatic carbocycles. The van der Waals surface area contributed by atoms with E-state index in [-0.39, 0.29) is 5.84 Å². The number of nitrogens with zero attached hydrogens (tertiary/aromatic N) is 1. The van der Waals surface area contributed by atoms with Crippen molar-refractivity contribution in [3.8, 4) is 0 Å². The molecule has 0 bridgehead atoms. The summed E-state index contributed by atoms with van der Waals surface area (Å²) < 4.78 is 0. The average Bonchev–Trinajstić information content (AvgIpc) is 3.20. The normalized spacial score (nSPS) is 17.5. The lowest BCUT2D eigenvalue weighted by Crippen LogP contribution is -2.26. The molecule has 0 amide bonds. The number of hydrogen-bond acceptors (Lipinski definition) is 3. The molecule has 0 aliphatic heterocycles. The van der Waals surface area contributed by atoms with Crippen LogP contribution in [-0.2, 0) is 6.54 Å². The molecule has 0 heterocycles. The summed E-state index contributed by atoms with van der Waals surface area (Å²) in [6, 6.07) is 5.95. The standard InChI is InChI=1S/C14H20ClN3O/c1-9(6-10-2-3-10)17-8-12-5-4-11(7-13(12)15)14(16)18-19/h4-5,7,9-10,17,19H,2-3,6,8H2,1H3,(H2,16,18). The molecule has 1 aromatic rings. The first-order chi connectivity index (χ1) is 9.10. The van der Waals surface area contributed by atoms with Gasteiger partial charge in [-0.1, -0.05) is 41.7 Å². The lowest BCUT2D eigenvalue weighted by Gasteiger charge is -2.14. The van der Waals surface area contributed by atoms with Crippen LogP contribution in [-0.4, -0.2) is 17.1 Å². The summed E-state index contributed by atoms with van der Waals surface area (Å²) in [6.07, 6.45) is 3.99. The van der Waals surface area contributed by atoms with Gasteiger partial charge in [-0.15, -0.1) is 0 Å². The summed E-state index contributed by atoms with van der Waals surface area (Å²) in [4.78, 5) is 0. The maximum absolute atomic E-state index is 8.62. The van der Waals surface area contributed by atoms with Gasteiger partial charge in [0, 0.05) is 23.2 Å². The van der Waals surface area contributed by atoms with Crippen molar-refractivity contribution in [1.29, 1.82) is 0 Å². The monoisotopic (exact) mass is 281 g/mol. The predicted octanol–water partition coefficient (Wildman–Crippen LogP) is 2.71. The van der Waals surface area contributed by atoms with E-state index in [1.807, 2.05) is 12.1 Å². The molecule has 1 saturated carbocycles. The Balaban J connectivity index is 1.92. The van der Waals surface area contributed by atoms with Crippen molar-refractivity contribution in [2.24, 2.45) is 16.8 Å². The molecule has 1 aromatic carbocycles. The molecule has 104 valence electrons. The fraction of sp³-hybridized carbons (Fsp3) is 0.500. The number of amidine groups is 1. The minimum absolute atomic E-state index is 0.0727. The largest absolute Gasteiger partial charge is 0.409 e. The Kier molecular flexibility index (Phi) is 4.66. The van der Waals surface area contributed by atoms with E-state index in [9.17, 15) is 0 Å². The third-order valence-electron chi connectivity index (χ3n) is 3.48. The minimum atomic E-state index is 0.0727.